The summed E-state index contributed by atoms with van der Waals surface area (Å²) in [6, 6.07) is 16.4. The number of nitro benzene ring substituents is 1. The number of nitrogens with one attached hydrogen (secondary N) is 2. The minimum absolute atomic E-state index is 0. The summed E-state index contributed by atoms with van der Waals surface area (Å²) in [5.74, 6) is 0. The van der Waals surface area contributed by atoms with Crippen LogP contribution in [0.3, 0.4) is 0 Å². The van der Waals surface area contributed by atoms with Crippen molar-refractivity contribution in [3.8, 4) is 11.3 Å². The van der Waals surface area contributed by atoms with E-state index in [4.69, 9.17) is 0 Å². The Kier molecular flexibility index (Phi) is 6.16. The Morgan fingerprint density at radius 3 is 2.58 bits per heavy atom. The van der Waals surface area contributed by atoms with Gasteiger partial charge in [0.1, 0.15) is 5.69 Å². The summed E-state index contributed by atoms with van der Waals surface area (Å²) in [6.45, 7) is 0. The molecule has 0 aliphatic rings. The van der Waals surface area contributed by atoms with Crippen LogP contribution < -0.4 is 27.4 Å². The maximum absolute atomic E-state index is 10.9. The fourth-order valence-electron chi connectivity index (χ4n) is 2.03. The highest BCUT2D eigenvalue weighted by molar-refractivity contribution is 7.13. The van der Waals surface area contributed by atoms with Gasteiger partial charge in [0.25, 0.3) is 5.69 Å². The molecule has 0 aliphatic heterocycles. The molecular weight excluding hydrogens is 392 g/mol. The van der Waals surface area contributed by atoms with Crippen molar-refractivity contribution in [2.75, 3.05) is 5.43 Å². The molecule has 2 N–H and O–H groups in total. The van der Waals surface area contributed by atoms with E-state index in [0.29, 0.717) is 5.56 Å². The van der Waals surface area contributed by atoms with E-state index in [0.717, 1.165) is 16.4 Å². The van der Waals surface area contributed by atoms with Crippen molar-refractivity contribution in [2.45, 2.75) is 0 Å². The molecule has 0 saturated carbocycles. The minimum Gasteiger partial charge on any atom is -1.00 e. The van der Waals surface area contributed by atoms with Crippen molar-refractivity contribution in [1.29, 1.82) is 0 Å². The van der Waals surface area contributed by atoms with Gasteiger partial charge in [0.15, 0.2) is 0 Å². The molecule has 24 heavy (non-hydrogen) atoms. The van der Waals surface area contributed by atoms with Gasteiger partial charge in [-0.15, -0.1) is 5.43 Å². The third-order valence-electron chi connectivity index (χ3n) is 3.13. The van der Waals surface area contributed by atoms with E-state index in [1.807, 2.05) is 35.7 Å². The van der Waals surface area contributed by atoms with Crippen LogP contribution in [0.15, 0.2) is 65.1 Å². The second-order valence-corrected chi connectivity index (χ2v) is 5.54. The number of nitro groups is 1. The van der Waals surface area contributed by atoms with Gasteiger partial charge in [0, 0.05) is 17.0 Å². The van der Waals surface area contributed by atoms with Crippen molar-refractivity contribution in [2.24, 2.45) is 5.10 Å². The number of rotatable bonds is 5. The van der Waals surface area contributed by atoms with E-state index in [1.54, 1.807) is 18.2 Å². The van der Waals surface area contributed by atoms with Crippen LogP contribution >= 0.6 is 11.3 Å². The molecule has 6 nitrogen and oxygen atoms in total. The molecule has 0 aliphatic carbocycles. The van der Waals surface area contributed by atoms with Gasteiger partial charge in [0.05, 0.1) is 16.7 Å². The zero-order valence-electron chi connectivity index (χ0n) is 12.3. The van der Waals surface area contributed by atoms with Gasteiger partial charge in [0.2, 0.25) is 0 Å². The van der Waals surface area contributed by atoms with Gasteiger partial charge in [-0.1, -0.05) is 58.9 Å². The largest absolute Gasteiger partial charge is 1.00 e. The van der Waals surface area contributed by atoms with Crippen LogP contribution in [-0.4, -0.2) is 11.1 Å². The zero-order valence-corrected chi connectivity index (χ0v) is 14.8. The number of para-hydroxylation sites is 1. The van der Waals surface area contributed by atoms with Crippen LogP contribution in [0.5, 0.6) is 0 Å². The molecule has 0 bridgehead atoms. The lowest BCUT2D eigenvalue weighted by Crippen LogP contribution is -3.00. The maximum Gasteiger partial charge on any atom is 0.357 e. The lowest BCUT2D eigenvalue weighted by atomic mass is 10.2. The van der Waals surface area contributed by atoms with Crippen LogP contribution in [-0.2, 0) is 0 Å². The number of hydrogen-bond donors (Lipinski definition) is 1. The van der Waals surface area contributed by atoms with Crippen LogP contribution in [0.25, 0.3) is 11.3 Å². The summed E-state index contributed by atoms with van der Waals surface area (Å²) in [7, 11) is 0. The average molecular weight is 405 g/mol. The van der Waals surface area contributed by atoms with E-state index < -0.39 is 4.92 Å². The Morgan fingerprint density at radius 1 is 1.12 bits per heavy atom. The molecule has 1 heterocycles. The molecule has 0 amide bonds. The Bertz CT molecular complexity index is 852. The van der Waals surface area contributed by atoms with Crippen molar-refractivity contribution in [3.05, 3.63) is 75.7 Å². The fraction of sp³-hybridized carbons (Fsp3) is 0. The highest BCUT2D eigenvalue weighted by Crippen LogP contribution is 2.20. The highest BCUT2D eigenvalue weighted by Gasteiger charge is 2.11. The molecule has 0 fully saturated rings. The number of halogens is 1. The average Bonchev–Trinajstić information content (AvgIpc) is 3.05. The van der Waals surface area contributed by atoms with E-state index in [-0.39, 0.29) is 22.7 Å². The van der Waals surface area contributed by atoms with Crippen LogP contribution in [0.4, 0.5) is 10.8 Å². The normalized spacial score (nSPS) is 10.3. The Morgan fingerprint density at radius 2 is 1.83 bits per heavy atom. The first-order valence-electron chi connectivity index (χ1n) is 6.83. The molecule has 0 unspecified atom stereocenters. The van der Waals surface area contributed by atoms with Gasteiger partial charge in [-0.25, -0.2) is 4.98 Å². The molecule has 3 rings (SSSR count). The van der Waals surface area contributed by atoms with Crippen molar-refractivity contribution in [1.82, 2.24) is 0 Å². The quantitative estimate of drug-likeness (QED) is 0.383. The van der Waals surface area contributed by atoms with Crippen molar-refractivity contribution < 1.29 is 26.9 Å². The molecule has 122 valence electrons. The fourth-order valence-corrected chi connectivity index (χ4v) is 2.74. The Balaban J connectivity index is 0.00000208. The predicted octanol–water partition coefficient (Wildman–Crippen LogP) is 0.587. The summed E-state index contributed by atoms with van der Waals surface area (Å²) >= 11 is 1.48. The second kappa shape index (κ2) is 8.32. The molecule has 0 saturated heterocycles. The van der Waals surface area contributed by atoms with Crippen LogP contribution in [0, 0.1) is 10.1 Å². The Labute approximate surface area is 152 Å². The molecule has 2 aromatic carbocycles. The Hall–Kier alpha value is -2.58. The summed E-state index contributed by atoms with van der Waals surface area (Å²) in [6.07, 6.45) is 1.44. The third-order valence-corrected chi connectivity index (χ3v) is 3.91. The monoisotopic (exact) mass is 404 g/mol. The maximum atomic E-state index is 10.9. The lowest BCUT2D eigenvalue weighted by Gasteiger charge is -1.94. The number of hydrazone groups is 1. The van der Waals surface area contributed by atoms with Gasteiger partial charge in [-0.3, -0.25) is 10.1 Å². The molecule has 8 heteroatoms. The second-order valence-electron chi connectivity index (χ2n) is 4.66. The molecule has 1 aromatic heterocycles. The van der Waals surface area contributed by atoms with Crippen molar-refractivity contribution >= 4 is 28.4 Å². The first-order chi connectivity index (χ1) is 11.2. The molecule has 3 aromatic rings. The minimum atomic E-state index is -0.424. The molecule has 0 spiro atoms. The lowest BCUT2D eigenvalue weighted by molar-refractivity contribution is -0.385. The molecule has 0 atom stereocenters. The van der Waals surface area contributed by atoms with E-state index in [9.17, 15) is 10.1 Å². The first-order valence-corrected chi connectivity index (χ1v) is 7.71. The third kappa shape index (κ3) is 4.24. The SMILES string of the molecule is O=[N+]([O-])c1ccccc1/C=N/Nc1[nH+]c(-c2ccccc2)cs1.[Br-]. The number of aromatic nitrogens is 1. The smallest absolute Gasteiger partial charge is 0.357 e. The number of hydrogen-bond acceptors (Lipinski definition) is 5. The molecule has 0 radical (unpaired) electrons. The number of thiazole rings is 1. The van der Waals surface area contributed by atoms with Crippen LogP contribution in [0.2, 0.25) is 0 Å². The standard InChI is InChI=1S/C16H12N4O2S.BrH/c21-20(22)15-9-5-4-8-13(15)10-17-19-16-18-14(11-23-16)12-6-2-1-3-7-12;/h1-11H,(H,18,19);1H/b17-10+;. The summed E-state index contributed by atoms with van der Waals surface area (Å²) in [5.41, 5.74) is 5.40. The zero-order chi connectivity index (χ0) is 16.1. The predicted molar refractivity (Wildman–Crippen MR) is 90.6 cm³/mol. The number of nitrogens with zero attached hydrogens (tertiary/aromatic N) is 2. The first kappa shape index (κ1) is 17.8. The summed E-state index contributed by atoms with van der Waals surface area (Å²) in [5, 5.41) is 17.7. The van der Waals surface area contributed by atoms with Gasteiger partial charge >= 0.3 is 5.13 Å². The van der Waals surface area contributed by atoms with E-state index in [1.165, 1.54) is 23.6 Å². The van der Waals surface area contributed by atoms with Crippen molar-refractivity contribution in [3.63, 3.8) is 0 Å². The number of H-pyrrole nitrogens is 1. The number of anilines is 1. The topological polar surface area (TPSA) is 81.7 Å². The van der Waals surface area contributed by atoms with Gasteiger partial charge in [-0.2, -0.15) is 0 Å². The molecular formula is C16H13BrN4O2S. The van der Waals surface area contributed by atoms with Crippen LogP contribution in [0.1, 0.15) is 5.56 Å². The summed E-state index contributed by atoms with van der Waals surface area (Å²) < 4.78 is 0. The van der Waals surface area contributed by atoms with E-state index >= 15 is 0 Å². The highest BCUT2D eigenvalue weighted by atomic mass is 79.9. The van der Waals surface area contributed by atoms with E-state index in [2.05, 4.69) is 15.5 Å². The number of aromatic amines is 1. The number of benzene rings is 2. The van der Waals surface area contributed by atoms with Gasteiger partial charge < -0.3 is 17.0 Å². The summed E-state index contributed by atoms with van der Waals surface area (Å²) in [4.78, 5) is 13.7. The van der Waals surface area contributed by atoms with Gasteiger partial charge in [-0.05, 0) is 6.07 Å².